The maximum Gasteiger partial charge on any atom is 0.278 e. The number of amides is 1. The highest BCUT2D eigenvalue weighted by molar-refractivity contribution is 5.86. The summed E-state index contributed by atoms with van der Waals surface area (Å²) in [5, 5.41) is 14.5. The molecule has 0 saturated heterocycles. The predicted molar refractivity (Wildman–Crippen MR) is 85.5 cm³/mol. The molecule has 7 nitrogen and oxygen atoms in total. The second-order valence-corrected chi connectivity index (χ2v) is 4.71. The molecular formula is C16H15N3O4. The van der Waals surface area contributed by atoms with Crippen LogP contribution in [0, 0.1) is 17.0 Å². The van der Waals surface area contributed by atoms with Gasteiger partial charge in [-0.05, 0) is 30.7 Å². The first-order valence-corrected chi connectivity index (χ1v) is 6.81. The minimum atomic E-state index is -0.510. The molecule has 0 saturated carbocycles. The van der Waals surface area contributed by atoms with Gasteiger partial charge in [-0.25, -0.2) is 5.43 Å². The molecule has 0 heterocycles. The zero-order valence-electron chi connectivity index (χ0n) is 12.4. The molecule has 0 aliphatic carbocycles. The van der Waals surface area contributed by atoms with E-state index in [0.717, 1.165) is 5.56 Å². The van der Waals surface area contributed by atoms with Crippen molar-refractivity contribution in [1.82, 2.24) is 5.43 Å². The largest absolute Gasteiger partial charge is 0.484 e. The molecule has 0 atom stereocenters. The maximum absolute atomic E-state index is 11.6. The Labute approximate surface area is 132 Å². The van der Waals surface area contributed by atoms with Crippen LogP contribution in [0.5, 0.6) is 5.75 Å². The van der Waals surface area contributed by atoms with Gasteiger partial charge in [-0.2, -0.15) is 5.10 Å². The number of para-hydroxylation sites is 1. The molecule has 0 fully saturated rings. The molecule has 23 heavy (non-hydrogen) atoms. The molecule has 0 spiro atoms. The molecule has 0 aromatic heterocycles. The first-order valence-electron chi connectivity index (χ1n) is 6.81. The van der Waals surface area contributed by atoms with Crippen molar-refractivity contribution in [3.05, 3.63) is 69.8 Å². The van der Waals surface area contributed by atoms with Gasteiger partial charge in [0.1, 0.15) is 5.75 Å². The van der Waals surface area contributed by atoms with Gasteiger partial charge < -0.3 is 4.74 Å². The fraction of sp³-hybridized carbons (Fsp3) is 0.125. The van der Waals surface area contributed by atoms with Crippen LogP contribution in [0.1, 0.15) is 11.1 Å². The molecule has 0 unspecified atom stereocenters. The van der Waals surface area contributed by atoms with Crippen molar-refractivity contribution in [1.29, 1.82) is 0 Å². The highest BCUT2D eigenvalue weighted by Crippen LogP contribution is 2.15. The van der Waals surface area contributed by atoms with E-state index in [4.69, 9.17) is 4.74 Å². The Morgan fingerprint density at radius 1 is 1.30 bits per heavy atom. The Kier molecular flexibility index (Phi) is 5.40. The van der Waals surface area contributed by atoms with Crippen LogP contribution >= 0.6 is 0 Å². The van der Waals surface area contributed by atoms with Crippen molar-refractivity contribution in [2.24, 2.45) is 5.10 Å². The molecule has 0 aliphatic rings. The summed E-state index contributed by atoms with van der Waals surface area (Å²) in [6.45, 7) is 1.72. The molecule has 0 radical (unpaired) electrons. The second kappa shape index (κ2) is 7.69. The van der Waals surface area contributed by atoms with Crippen LogP contribution in [-0.4, -0.2) is 23.7 Å². The lowest BCUT2D eigenvalue weighted by atomic mass is 10.2. The average Bonchev–Trinajstić information content (AvgIpc) is 2.53. The van der Waals surface area contributed by atoms with Gasteiger partial charge in [0.2, 0.25) is 0 Å². The van der Waals surface area contributed by atoms with E-state index in [1.807, 2.05) is 25.1 Å². The minimum absolute atomic E-state index is 0.0819. The number of hydrogen-bond donors (Lipinski definition) is 1. The summed E-state index contributed by atoms with van der Waals surface area (Å²) in [4.78, 5) is 22.0. The van der Waals surface area contributed by atoms with Gasteiger partial charge in [-0.15, -0.1) is 0 Å². The van der Waals surface area contributed by atoms with Crippen LogP contribution in [0.2, 0.25) is 0 Å². The third-order valence-electron chi connectivity index (χ3n) is 2.89. The number of nitro groups is 1. The van der Waals surface area contributed by atoms with E-state index in [2.05, 4.69) is 10.5 Å². The number of nitrogens with one attached hydrogen (secondary N) is 1. The summed E-state index contributed by atoms with van der Waals surface area (Å²) in [6, 6.07) is 13.4. The first kappa shape index (κ1) is 16.2. The highest BCUT2D eigenvalue weighted by Gasteiger charge is 2.10. The number of ether oxygens (including phenoxy) is 1. The van der Waals surface area contributed by atoms with Gasteiger partial charge in [0.15, 0.2) is 6.61 Å². The smallest absolute Gasteiger partial charge is 0.278 e. The molecular weight excluding hydrogens is 298 g/mol. The summed E-state index contributed by atoms with van der Waals surface area (Å²) >= 11 is 0. The molecule has 0 bridgehead atoms. The van der Waals surface area contributed by atoms with Gasteiger partial charge >= 0.3 is 0 Å². The average molecular weight is 313 g/mol. The van der Waals surface area contributed by atoms with Gasteiger partial charge in [0, 0.05) is 6.07 Å². The lowest BCUT2D eigenvalue weighted by molar-refractivity contribution is -0.385. The van der Waals surface area contributed by atoms with Crippen LogP contribution in [0.25, 0.3) is 0 Å². The van der Waals surface area contributed by atoms with E-state index in [0.29, 0.717) is 11.3 Å². The van der Waals surface area contributed by atoms with Crippen molar-refractivity contribution in [3.63, 3.8) is 0 Å². The summed E-state index contributed by atoms with van der Waals surface area (Å²) in [5.41, 5.74) is 3.51. The number of nitro benzene ring substituents is 1. The Hall–Kier alpha value is -3.22. The minimum Gasteiger partial charge on any atom is -0.484 e. The zero-order valence-corrected chi connectivity index (χ0v) is 12.4. The van der Waals surface area contributed by atoms with E-state index in [1.54, 1.807) is 18.2 Å². The summed E-state index contributed by atoms with van der Waals surface area (Å²) < 4.78 is 5.32. The number of hydrazone groups is 1. The molecule has 2 aromatic carbocycles. The van der Waals surface area contributed by atoms with Crippen LogP contribution in [0.3, 0.4) is 0 Å². The highest BCUT2D eigenvalue weighted by atomic mass is 16.6. The SMILES string of the molecule is Cc1cccc(OCC(=O)NN=Cc2ccccc2[N+](=O)[O-])c1. The summed E-state index contributed by atoms with van der Waals surface area (Å²) in [6.07, 6.45) is 1.22. The normalized spacial score (nSPS) is 10.5. The first-order chi connectivity index (χ1) is 11.1. The number of carbonyl (C=O) groups excluding carboxylic acids is 1. The molecule has 2 rings (SSSR count). The van der Waals surface area contributed by atoms with E-state index in [9.17, 15) is 14.9 Å². The maximum atomic E-state index is 11.6. The van der Waals surface area contributed by atoms with E-state index in [-0.39, 0.29) is 12.3 Å². The van der Waals surface area contributed by atoms with E-state index >= 15 is 0 Å². The number of carbonyl (C=O) groups is 1. The van der Waals surface area contributed by atoms with Crippen LogP contribution in [-0.2, 0) is 4.79 Å². The number of aryl methyl sites for hydroxylation is 1. The molecule has 0 aliphatic heterocycles. The quantitative estimate of drug-likeness (QED) is 0.503. The second-order valence-electron chi connectivity index (χ2n) is 4.71. The fourth-order valence-electron chi connectivity index (χ4n) is 1.82. The lowest BCUT2D eigenvalue weighted by Gasteiger charge is -2.05. The van der Waals surface area contributed by atoms with Crippen LogP contribution in [0.15, 0.2) is 53.6 Å². The van der Waals surface area contributed by atoms with Crippen molar-refractivity contribution in [3.8, 4) is 5.75 Å². The standard InChI is InChI=1S/C16H15N3O4/c1-12-5-4-7-14(9-12)23-11-16(20)18-17-10-13-6-2-3-8-15(13)19(21)22/h2-10H,11H2,1H3,(H,18,20). The Morgan fingerprint density at radius 2 is 2.09 bits per heavy atom. The van der Waals surface area contributed by atoms with Crippen molar-refractivity contribution >= 4 is 17.8 Å². The van der Waals surface area contributed by atoms with Gasteiger partial charge in [0.25, 0.3) is 11.6 Å². The molecule has 1 N–H and O–H groups in total. The third kappa shape index (κ3) is 4.92. The molecule has 2 aromatic rings. The molecule has 118 valence electrons. The predicted octanol–water partition coefficient (Wildman–Crippen LogP) is 2.43. The topological polar surface area (TPSA) is 93.8 Å². The Bertz CT molecular complexity index is 744. The molecule has 7 heteroatoms. The van der Waals surface area contributed by atoms with Gasteiger partial charge in [0.05, 0.1) is 16.7 Å². The summed E-state index contributed by atoms with van der Waals surface area (Å²) in [5.74, 6) is 0.129. The van der Waals surface area contributed by atoms with Crippen LogP contribution in [0.4, 0.5) is 5.69 Å². The van der Waals surface area contributed by atoms with Gasteiger partial charge in [-0.3, -0.25) is 14.9 Å². The monoisotopic (exact) mass is 313 g/mol. The number of nitrogens with zero attached hydrogens (tertiary/aromatic N) is 2. The Balaban J connectivity index is 1.88. The van der Waals surface area contributed by atoms with E-state index in [1.165, 1.54) is 18.3 Å². The summed E-state index contributed by atoms with van der Waals surface area (Å²) in [7, 11) is 0. The number of rotatable bonds is 6. The van der Waals surface area contributed by atoms with Crippen molar-refractivity contribution < 1.29 is 14.5 Å². The zero-order chi connectivity index (χ0) is 16.7. The molecule has 1 amide bonds. The van der Waals surface area contributed by atoms with Crippen LogP contribution < -0.4 is 10.2 Å². The Morgan fingerprint density at radius 3 is 2.83 bits per heavy atom. The fourth-order valence-corrected chi connectivity index (χ4v) is 1.82. The van der Waals surface area contributed by atoms with Crippen molar-refractivity contribution in [2.75, 3.05) is 6.61 Å². The lowest BCUT2D eigenvalue weighted by Crippen LogP contribution is -2.24. The number of benzene rings is 2. The van der Waals surface area contributed by atoms with E-state index < -0.39 is 10.8 Å². The van der Waals surface area contributed by atoms with Gasteiger partial charge in [-0.1, -0.05) is 24.3 Å². The van der Waals surface area contributed by atoms with Crippen molar-refractivity contribution in [2.45, 2.75) is 6.92 Å². The number of hydrogen-bond acceptors (Lipinski definition) is 5. The third-order valence-corrected chi connectivity index (χ3v) is 2.89.